The minimum absolute atomic E-state index is 0.262. The second-order valence-electron chi connectivity index (χ2n) is 10.9. The molecule has 4 heterocycles. The molecule has 0 aliphatic carbocycles. The van der Waals surface area contributed by atoms with E-state index in [2.05, 4.69) is 60.9 Å². The van der Waals surface area contributed by atoms with Gasteiger partial charge in [0.05, 0.1) is 5.69 Å². The van der Waals surface area contributed by atoms with E-state index in [1.807, 2.05) is 19.9 Å². The maximum absolute atomic E-state index is 13.1. The van der Waals surface area contributed by atoms with Crippen LogP contribution in [0.3, 0.4) is 0 Å². The van der Waals surface area contributed by atoms with Crippen LogP contribution in [0, 0.1) is 12.8 Å². The zero-order valence-electron chi connectivity index (χ0n) is 24.3. The highest BCUT2D eigenvalue weighted by Gasteiger charge is 2.22. The number of hydrogen-bond acceptors (Lipinski definition) is 10. The molecule has 0 spiro atoms. The minimum atomic E-state index is -0.262. The van der Waals surface area contributed by atoms with Crippen molar-refractivity contribution in [2.75, 3.05) is 54.0 Å². The number of nitrogens with one attached hydrogen (secondary N) is 2. The summed E-state index contributed by atoms with van der Waals surface area (Å²) < 4.78 is 1.62. The molecule has 1 aromatic carbocycles. The van der Waals surface area contributed by atoms with Crippen molar-refractivity contribution in [2.24, 2.45) is 13.0 Å². The van der Waals surface area contributed by atoms with Crippen LogP contribution in [0.15, 0.2) is 37.2 Å². The first-order valence-corrected chi connectivity index (χ1v) is 13.7. The number of nitrogens with zero attached hydrogens (tertiary/aromatic N) is 8. The molecule has 12 nitrogen and oxygen atoms in total. The molecule has 1 saturated heterocycles. The van der Waals surface area contributed by atoms with Crippen LogP contribution < -0.4 is 21.3 Å². The van der Waals surface area contributed by atoms with Crippen molar-refractivity contribution in [3.05, 3.63) is 54.0 Å². The highest BCUT2D eigenvalue weighted by molar-refractivity contribution is 6.05. The van der Waals surface area contributed by atoms with E-state index in [9.17, 15) is 4.79 Å². The van der Waals surface area contributed by atoms with E-state index < -0.39 is 0 Å². The molecule has 1 aliphatic rings. The van der Waals surface area contributed by atoms with Gasteiger partial charge in [-0.15, -0.1) is 0 Å². The van der Waals surface area contributed by atoms with E-state index in [1.54, 1.807) is 29.9 Å². The third-order valence-electron chi connectivity index (χ3n) is 7.09. The largest absolute Gasteiger partial charge is 0.382 e. The number of nitrogens with two attached hydrogens (primary N) is 1. The van der Waals surface area contributed by atoms with Crippen LogP contribution in [0.1, 0.15) is 42.4 Å². The maximum Gasteiger partial charge on any atom is 0.256 e. The molecular formula is C29H37N11O. The van der Waals surface area contributed by atoms with Gasteiger partial charge in [-0.1, -0.05) is 26.5 Å². The molecule has 1 fully saturated rings. The predicted molar refractivity (Wildman–Crippen MR) is 163 cm³/mol. The topological polar surface area (TPSA) is 143 Å². The number of aryl methyl sites for hydroxylation is 2. The van der Waals surface area contributed by atoms with Crippen molar-refractivity contribution in [3.8, 4) is 0 Å². The number of rotatable bonds is 8. The van der Waals surface area contributed by atoms with Gasteiger partial charge in [0, 0.05) is 57.1 Å². The smallest absolute Gasteiger partial charge is 0.256 e. The molecule has 0 saturated carbocycles. The monoisotopic (exact) mass is 555 g/mol. The first kappa shape index (κ1) is 28.0. The Morgan fingerprint density at radius 3 is 2.54 bits per heavy atom. The van der Waals surface area contributed by atoms with E-state index in [4.69, 9.17) is 10.7 Å². The SMILES string of the molecule is C=C(C)c1cc(NC(=O)c2ccc(C)c(Nc3ncnc4c(N)nc(N5CCN(CC(C)C)CC5)nc34)c2)n(C)n1. The van der Waals surface area contributed by atoms with Gasteiger partial charge in [0.25, 0.3) is 5.91 Å². The Morgan fingerprint density at radius 2 is 1.85 bits per heavy atom. The van der Waals surface area contributed by atoms with E-state index in [0.29, 0.717) is 51.6 Å². The normalized spacial score (nSPS) is 14.0. The molecular weight excluding hydrogens is 518 g/mol. The Balaban J connectivity index is 1.39. The number of anilines is 5. The standard InChI is InChI=1S/C29H37N11O/c1-17(2)15-39-9-11-40(12-10-39)29-35-25-24(26(30)36-29)31-16-32-27(25)33-22-13-20(8-7-19(22)5)28(41)34-23-14-21(18(3)4)37-38(23)6/h7-8,13-14,16-17H,3,9-12,15H2,1-2,4-6H3,(H,34,41)(H2,30,35,36)(H,31,32,33). The third kappa shape index (κ3) is 6.12. The lowest BCUT2D eigenvalue weighted by Gasteiger charge is -2.35. The van der Waals surface area contributed by atoms with Gasteiger partial charge in [0.15, 0.2) is 11.6 Å². The molecule has 12 heteroatoms. The number of fused-ring (bicyclic) bond motifs is 1. The van der Waals surface area contributed by atoms with E-state index >= 15 is 0 Å². The zero-order chi connectivity index (χ0) is 29.3. The highest BCUT2D eigenvalue weighted by atomic mass is 16.1. The number of aromatic nitrogens is 6. The van der Waals surface area contributed by atoms with Gasteiger partial charge in [-0.25, -0.2) is 15.0 Å². The van der Waals surface area contributed by atoms with Crippen LogP contribution in [-0.2, 0) is 7.05 Å². The summed E-state index contributed by atoms with van der Waals surface area (Å²) >= 11 is 0. The molecule has 4 aromatic rings. The maximum atomic E-state index is 13.1. The Bertz CT molecular complexity index is 1600. The summed E-state index contributed by atoms with van der Waals surface area (Å²) in [6.07, 6.45) is 1.43. The summed E-state index contributed by atoms with van der Waals surface area (Å²) in [5.41, 5.74) is 11.0. The Kier molecular flexibility index (Phi) is 7.84. The van der Waals surface area contributed by atoms with Crippen molar-refractivity contribution in [1.29, 1.82) is 0 Å². The van der Waals surface area contributed by atoms with Gasteiger partial charge in [-0.2, -0.15) is 10.1 Å². The molecule has 0 unspecified atom stereocenters. The van der Waals surface area contributed by atoms with Gasteiger partial charge >= 0.3 is 0 Å². The predicted octanol–water partition coefficient (Wildman–Crippen LogP) is 3.85. The molecule has 41 heavy (non-hydrogen) atoms. The lowest BCUT2D eigenvalue weighted by Crippen LogP contribution is -2.48. The van der Waals surface area contributed by atoms with Crippen molar-refractivity contribution in [3.63, 3.8) is 0 Å². The number of carbonyl (C=O) groups is 1. The summed E-state index contributed by atoms with van der Waals surface area (Å²) in [6, 6.07) is 7.25. The average Bonchev–Trinajstić information content (AvgIpc) is 3.30. The van der Waals surface area contributed by atoms with Crippen LogP contribution >= 0.6 is 0 Å². The van der Waals surface area contributed by atoms with Crippen molar-refractivity contribution >= 4 is 51.6 Å². The van der Waals surface area contributed by atoms with Gasteiger partial charge < -0.3 is 21.3 Å². The third-order valence-corrected chi connectivity index (χ3v) is 7.09. The number of amides is 1. The van der Waals surface area contributed by atoms with Gasteiger partial charge in [0.1, 0.15) is 23.2 Å². The van der Waals surface area contributed by atoms with Crippen LogP contribution in [0.25, 0.3) is 16.6 Å². The number of carbonyl (C=O) groups excluding carboxylic acids is 1. The molecule has 5 rings (SSSR count). The molecule has 0 radical (unpaired) electrons. The van der Waals surface area contributed by atoms with Gasteiger partial charge in [-0.05, 0) is 43.0 Å². The number of benzene rings is 1. The fourth-order valence-corrected chi connectivity index (χ4v) is 4.84. The Morgan fingerprint density at radius 1 is 1.10 bits per heavy atom. The van der Waals surface area contributed by atoms with Crippen molar-refractivity contribution in [2.45, 2.75) is 27.7 Å². The first-order valence-electron chi connectivity index (χ1n) is 13.7. The number of allylic oxidation sites excluding steroid dienone is 1. The Hall–Kier alpha value is -4.58. The van der Waals surface area contributed by atoms with Crippen LogP contribution in [0.4, 0.5) is 29.1 Å². The second kappa shape index (κ2) is 11.5. The molecule has 0 bridgehead atoms. The molecule has 4 N–H and O–H groups in total. The van der Waals surface area contributed by atoms with Gasteiger partial charge in [-0.3, -0.25) is 14.4 Å². The summed E-state index contributed by atoms with van der Waals surface area (Å²) in [7, 11) is 1.78. The van der Waals surface area contributed by atoms with Crippen molar-refractivity contribution in [1.82, 2.24) is 34.6 Å². The summed E-state index contributed by atoms with van der Waals surface area (Å²) in [5.74, 6) is 2.29. The summed E-state index contributed by atoms with van der Waals surface area (Å²) in [6.45, 7) is 16.8. The molecule has 3 aromatic heterocycles. The minimum Gasteiger partial charge on any atom is -0.382 e. The second-order valence-corrected chi connectivity index (χ2v) is 10.9. The van der Waals surface area contributed by atoms with Crippen LogP contribution in [-0.4, -0.2) is 73.2 Å². The summed E-state index contributed by atoms with van der Waals surface area (Å²) in [4.78, 5) is 36.0. The fourth-order valence-electron chi connectivity index (χ4n) is 4.84. The van der Waals surface area contributed by atoms with Crippen LogP contribution in [0.5, 0.6) is 0 Å². The first-order chi connectivity index (χ1) is 19.6. The Labute approximate surface area is 239 Å². The molecule has 1 amide bonds. The molecule has 1 aliphatic heterocycles. The molecule has 0 atom stereocenters. The number of piperazine rings is 1. The van der Waals surface area contributed by atoms with Gasteiger partial charge in [0.2, 0.25) is 5.95 Å². The fraction of sp³-hybridized carbons (Fsp3) is 0.379. The average molecular weight is 556 g/mol. The summed E-state index contributed by atoms with van der Waals surface area (Å²) in [5, 5.41) is 10.7. The zero-order valence-corrected chi connectivity index (χ0v) is 24.3. The van der Waals surface area contributed by atoms with E-state index in [1.165, 1.54) is 6.33 Å². The van der Waals surface area contributed by atoms with Crippen LogP contribution in [0.2, 0.25) is 0 Å². The molecule has 214 valence electrons. The lowest BCUT2D eigenvalue weighted by atomic mass is 10.1. The van der Waals surface area contributed by atoms with E-state index in [-0.39, 0.29) is 5.91 Å². The quantitative estimate of drug-likeness (QED) is 0.293. The number of nitrogen functional groups attached to an aromatic ring is 1. The van der Waals surface area contributed by atoms with E-state index in [0.717, 1.165) is 49.6 Å². The highest BCUT2D eigenvalue weighted by Crippen LogP contribution is 2.29. The number of hydrogen-bond donors (Lipinski definition) is 3. The van der Waals surface area contributed by atoms with Crippen molar-refractivity contribution < 1.29 is 4.79 Å². The lowest BCUT2D eigenvalue weighted by molar-refractivity contribution is 0.102.